The highest BCUT2D eigenvalue weighted by atomic mass is 19.3. The van der Waals surface area contributed by atoms with Crippen LogP contribution in [0.1, 0.15) is 64.6 Å². The standard InChI is InChI=1S/C17H26F3N3O2/c1-10-12(11-7-17(19,20)8-11)22-23(15(2,3)4)13(10)21-14(24)25-9-16(5,6)18/h11H,7-9H2,1-6H3,(H,21,24). The van der Waals surface area contributed by atoms with Crippen molar-refractivity contribution in [1.82, 2.24) is 9.78 Å². The first-order valence-corrected chi connectivity index (χ1v) is 8.30. The van der Waals surface area contributed by atoms with Gasteiger partial charge in [0.1, 0.15) is 18.1 Å². The summed E-state index contributed by atoms with van der Waals surface area (Å²) in [5.74, 6) is -2.60. The van der Waals surface area contributed by atoms with Gasteiger partial charge in [0.15, 0.2) is 0 Å². The molecule has 1 amide bonds. The number of amides is 1. The van der Waals surface area contributed by atoms with Crippen LogP contribution in [0.15, 0.2) is 0 Å². The van der Waals surface area contributed by atoms with Gasteiger partial charge in [-0.05, 0) is 41.5 Å². The van der Waals surface area contributed by atoms with E-state index in [1.807, 2.05) is 20.8 Å². The maximum absolute atomic E-state index is 13.5. The summed E-state index contributed by atoms with van der Waals surface area (Å²) in [4.78, 5) is 12.0. The number of aromatic nitrogens is 2. The summed E-state index contributed by atoms with van der Waals surface area (Å²) in [6.07, 6.45) is -1.28. The number of halogens is 3. The maximum Gasteiger partial charge on any atom is 0.412 e. The number of carbonyl (C=O) groups is 1. The number of carbonyl (C=O) groups excluding carboxylic acids is 1. The summed E-state index contributed by atoms with van der Waals surface area (Å²) < 4.78 is 46.4. The van der Waals surface area contributed by atoms with E-state index in [1.54, 1.807) is 11.6 Å². The molecule has 0 spiro atoms. The Balaban J connectivity index is 2.24. The van der Waals surface area contributed by atoms with Crippen LogP contribution in [0.3, 0.4) is 0 Å². The minimum atomic E-state index is -2.65. The van der Waals surface area contributed by atoms with Crippen LogP contribution < -0.4 is 5.32 Å². The molecule has 1 heterocycles. The number of anilines is 1. The van der Waals surface area contributed by atoms with Crippen LogP contribution in [-0.2, 0) is 10.3 Å². The van der Waals surface area contributed by atoms with E-state index >= 15 is 0 Å². The van der Waals surface area contributed by atoms with Crippen molar-refractivity contribution in [1.29, 1.82) is 0 Å². The third kappa shape index (κ3) is 4.67. The largest absolute Gasteiger partial charge is 0.446 e. The first-order chi connectivity index (χ1) is 11.2. The van der Waals surface area contributed by atoms with Crippen LogP contribution in [0.4, 0.5) is 23.8 Å². The smallest absolute Gasteiger partial charge is 0.412 e. The zero-order valence-electron chi connectivity index (χ0n) is 15.5. The van der Waals surface area contributed by atoms with Crippen molar-refractivity contribution >= 4 is 11.9 Å². The van der Waals surface area contributed by atoms with Gasteiger partial charge in [-0.1, -0.05) is 0 Å². The Hall–Kier alpha value is -1.73. The zero-order chi connectivity index (χ0) is 19.2. The van der Waals surface area contributed by atoms with E-state index in [2.05, 4.69) is 10.4 Å². The fraction of sp³-hybridized carbons (Fsp3) is 0.765. The molecule has 25 heavy (non-hydrogen) atoms. The van der Waals surface area contributed by atoms with Crippen molar-refractivity contribution in [2.75, 3.05) is 11.9 Å². The quantitative estimate of drug-likeness (QED) is 0.841. The molecule has 0 saturated heterocycles. The summed E-state index contributed by atoms with van der Waals surface area (Å²) in [6.45, 7) is 9.62. The van der Waals surface area contributed by atoms with Crippen molar-refractivity contribution < 1.29 is 22.7 Å². The van der Waals surface area contributed by atoms with Crippen molar-refractivity contribution in [2.24, 2.45) is 0 Å². The van der Waals surface area contributed by atoms with Crippen LogP contribution >= 0.6 is 0 Å². The number of hydrogen-bond acceptors (Lipinski definition) is 3. The summed E-state index contributed by atoms with van der Waals surface area (Å²) in [7, 11) is 0. The fourth-order valence-corrected chi connectivity index (χ4v) is 2.76. The molecule has 1 fully saturated rings. The molecule has 1 aromatic rings. The molecule has 0 unspecified atom stereocenters. The minimum Gasteiger partial charge on any atom is -0.446 e. The lowest BCUT2D eigenvalue weighted by Gasteiger charge is -2.34. The molecule has 1 N–H and O–H groups in total. The van der Waals surface area contributed by atoms with Crippen molar-refractivity contribution in [3.63, 3.8) is 0 Å². The Kier molecular flexibility index (Phi) is 4.87. The molecule has 0 radical (unpaired) electrons. The second-order valence-electron chi connectivity index (χ2n) is 8.32. The number of alkyl halides is 3. The van der Waals surface area contributed by atoms with Crippen molar-refractivity contribution in [2.45, 2.75) is 77.4 Å². The third-order valence-corrected chi connectivity index (χ3v) is 4.04. The highest BCUT2D eigenvalue weighted by Crippen LogP contribution is 2.49. The van der Waals surface area contributed by atoms with Gasteiger partial charge in [-0.25, -0.2) is 22.6 Å². The van der Waals surface area contributed by atoms with Crippen LogP contribution in [0.25, 0.3) is 0 Å². The van der Waals surface area contributed by atoms with Crippen LogP contribution in [0, 0.1) is 6.92 Å². The van der Waals surface area contributed by atoms with Gasteiger partial charge in [0.05, 0.1) is 11.2 Å². The van der Waals surface area contributed by atoms with E-state index < -0.39 is 23.2 Å². The van der Waals surface area contributed by atoms with E-state index in [4.69, 9.17) is 4.74 Å². The average Bonchev–Trinajstić information content (AvgIpc) is 2.70. The van der Waals surface area contributed by atoms with Gasteiger partial charge in [0.25, 0.3) is 0 Å². The molecule has 8 heteroatoms. The first kappa shape index (κ1) is 19.6. The first-order valence-electron chi connectivity index (χ1n) is 8.30. The molecule has 0 bridgehead atoms. The van der Waals surface area contributed by atoms with Gasteiger partial charge >= 0.3 is 6.09 Å². The lowest BCUT2D eigenvalue weighted by Crippen LogP contribution is -2.34. The zero-order valence-corrected chi connectivity index (χ0v) is 15.5. The maximum atomic E-state index is 13.5. The monoisotopic (exact) mass is 361 g/mol. The van der Waals surface area contributed by atoms with Gasteiger partial charge in [0, 0.05) is 24.3 Å². The summed E-state index contributed by atoms with van der Waals surface area (Å²) in [6, 6.07) is 0. The van der Waals surface area contributed by atoms with E-state index in [-0.39, 0.29) is 25.4 Å². The Morgan fingerprint density at radius 2 is 1.88 bits per heavy atom. The number of rotatable bonds is 4. The van der Waals surface area contributed by atoms with Gasteiger partial charge in [-0.2, -0.15) is 5.10 Å². The van der Waals surface area contributed by atoms with Gasteiger partial charge in [0.2, 0.25) is 5.92 Å². The lowest BCUT2D eigenvalue weighted by molar-refractivity contribution is -0.0878. The summed E-state index contributed by atoms with van der Waals surface area (Å²) in [5.41, 5.74) is -0.926. The van der Waals surface area contributed by atoms with Crippen molar-refractivity contribution in [3.8, 4) is 0 Å². The highest BCUT2D eigenvalue weighted by Gasteiger charge is 2.48. The summed E-state index contributed by atoms with van der Waals surface area (Å²) in [5, 5.41) is 7.06. The Labute approximate surface area is 145 Å². The van der Waals surface area contributed by atoms with Crippen molar-refractivity contribution in [3.05, 3.63) is 11.3 Å². The predicted octanol–water partition coefficient (Wildman–Crippen LogP) is 4.76. The van der Waals surface area contributed by atoms with E-state index in [0.717, 1.165) is 0 Å². The minimum absolute atomic E-state index is 0.241. The Morgan fingerprint density at radius 1 is 1.32 bits per heavy atom. The second kappa shape index (κ2) is 6.21. The van der Waals surface area contributed by atoms with Crippen LogP contribution in [-0.4, -0.2) is 34.1 Å². The third-order valence-electron chi connectivity index (χ3n) is 4.04. The predicted molar refractivity (Wildman–Crippen MR) is 89.0 cm³/mol. The highest BCUT2D eigenvalue weighted by molar-refractivity contribution is 5.84. The van der Waals surface area contributed by atoms with E-state index in [0.29, 0.717) is 17.1 Å². The SMILES string of the molecule is Cc1c(C2CC(F)(F)C2)nn(C(C)(C)C)c1NC(=O)OCC(C)(C)F. The van der Waals surface area contributed by atoms with E-state index in [1.165, 1.54) is 13.8 Å². The Morgan fingerprint density at radius 3 is 2.32 bits per heavy atom. The molecular weight excluding hydrogens is 335 g/mol. The molecule has 0 aromatic carbocycles. The lowest BCUT2D eigenvalue weighted by atomic mass is 9.78. The molecule has 1 aliphatic carbocycles. The number of nitrogens with zero attached hydrogens (tertiary/aromatic N) is 2. The Bertz CT molecular complexity index is 649. The van der Waals surface area contributed by atoms with Crippen LogP contribution in [0.5, 0.6) is 0 Å². The molecule has 1 aliphatic rings. The molecule has 1 saturated carbocycles. The van der Waals surface area contributed by atoms with E-state index in [9.17, 15) is 18.0 Å². The molecule has 2 rings (SSSR count). The van der Waals surface area contributed by atoms with Crippen LogP contribution in [0.2, 0.25) is 0 Å². The average molecular weight is 361 g/mol. The topological polar surface area (TPSA) is 56.2 Å². The molecule has 0 atom stereocenters. The molecular formula is C17H26F3N3O2. The fourth-order valence-electron chi connectivity index (χ4n) is 2.76. The molecule has 0 aliphatic heterocycles. The number of nitrogens with one attached hydrogen (secondary N) is 1. The molecule has 1 aromatic heterocycles. The number of ether oxygens (including phenoxy) is 1. The van der Waals surface area contributed by atoms with Gasteiger partial charge < -0.3 is 4.74 Å². The molecule has 142 valence electrons. The van der Waals surface area contributed by atoms with Gasteiger partial charge in [-0.15, -0.1) is 0 Å². The van der Waals surface area contributed by atoms with Gasteiger partial charge in [-0.3, -0.25) is 5.32 Å². The second-order valence-corrected chi connectivity index (χ2v) is 8.32. The normalized spacial score (nSPS) is 18.0. The summed E-state index contributed by atoms with van der Waals surface area (Å²) >= 11 is 0. The number of hydrogen-bond donors (Lipinski definition) is 1. The molecule has 5 nitrogen and oxygen atoms in total.